The maximum absolute atomic E-state index is 2.33. The molecule has 1 aliphatic heterocycles. The molecule has 2 heteroatoms. The molecule has 0 bridgehead atoms. The van der Waals surface area contributed by atoms with Crippen LogP contribution < -0.4 is 0 Å². The Hall–Kier alpha value is -0.860. The third-order valence-corrected chi connectivity index (χ3v) is 6.80. The molecular weight excluding hydrogens is 304 g/mol. The summed E-state index contributed by atoms with van der Waals surface area (Å²) in [6.07, 6.45) is 9.45. The molecule has 0 unspecified atom stereocenters. The van der Waals surface area contributed by atoms with Crippen LogP contribution in [0.4, 0.5) is 0 Å². The second-order valence-corrected chi connectivity index (χ2v) is 8.05. The fraction of sp³-hybridized carbons (Fsp3) is 0.400. The third kappa shape index (κ3) is 3.91. The molecule has 0 spiro atoms. The van der Waals surface area contributed by atoms with Crippen LogP contribution >= 0.6 is 23.5 Å². The number of fused-ring (bicyclic) bond motifs is 2. The fourth-order valence-corrected chi connectivity index (χ4v) is 5.32. The average molecular weight is 329 g/mol. The van der Waals surface area contributed by atoms with Gasteiger partial charge < -0.3 is 0 Å². The van der Waals surface area contributed by atoms with Crippen LogP contribution in [0.25, 0.3) is 0 Å². The van der Waals surface area contributed by atoms with Crippen LogP contribution in [0.2, 0.25) is 0 Å². The Balaban J connectivity index is 1.63. The van der Waals surface area contributed by atoms with Crippen molar-refractivity contribution in [2.24, 2.45) is 0 Å². The molecular formula is C20H24S2. The molecule has 116 valence electrons. The molecule has 2 aromatic carbocycles. The summed E-state index contributed by atoms with van der Waals surface area (Å²) in [6, 6.07) is 15.6. The Morgan fingerprint density at radius 3 is 2.18 bits per heavy atom. The van der Waals surface area contributed by atoms with Gasteiger partial charge in [-0.15, -0.1) is 0 Å². The molecule has 0 saturated carbocycles. The summed E-state index contributed by atoms with van der Waals surface area (Å²) >= 11 is 3.89. The number of rotatable bonds is 7. The standard InChI is InChI=1S/C20H24S2/c1-2-3-4-5-6-7-11-16-12-10-15-19-20(16)22-18-14-9-8-13-17(18)21-19/h8-10,12-15H,2-7,11H2,1H3. The molecule has 0 fully saturated rings. The van der Waals surface area contributed by atoms with Crippen LogP contribution in [-0.2, 0) is 6.42 Å². The van der Waals surface area contributed by atoms with Crippen LogP contribution in [0, 0.1) is 0 Å². The lowest BCUT2D eigenvalue weighted by molar-refractivity contribution is 0.605. The largest absolute Gasteiger partial charge is 0.0877 e. The molecule has 0 radical (unpaired) electrons. The van der Waals surface area contributed by atoms with Gasteiger partial charge in [0, 0.05) is 19.6 Å². The Morgan fingerprint density at radius 1 is 0.682 bits per heavy atom. The molecule has 0 saturated heterocycles. The molecule has 0 atom stereocenters. The highest BCUT2D eigenvalue weighted by atomic mass is 32.2. The van der Waals surface area contributed by atoms with Crippen LogP contribution in [-0.4, -0.2) is 0 Å². The molecule has 0 aliphatic carbocycles. The Labute approximate surface area is 143 Å². The summed E-state index contributed by atoms with van der Waals surface area (Å²) in [7, 11) is 0. The van der Waals surface area contributed by atoms with E-state index in [0.717, 1.165) is 0 Å². The summed E-state index contributed by atoms with van der Waals surface area (Å²) in [5, 5.41) is 0. The molecule has 1 aliphatic rings. The number of benzene rings is 2. The number of hydrogen-bond acceptors (Lipinski definition) is 2. The molecule has 0 nitrogen and oxygen atoms in total. The van der Waals surface area contributed by atoms with Crippen molar-refractivity contribution < 1.29 is 0 Å². The van der Waals surface area contributed by atoms with E-state index in [9.17, 15) is 0 Å². The number of unbranched alkanes of at least 4 members (excludes halogenated alkanes) is 5. The first-order valence-electron chi connectivity index (χ1n) is 8.45. The van der Waals surface area contributed by atoms with E-state index < -0.39 is 0 Å². The summed E-state index contributed by atoms with van der Waals surface area (Å²) in [6.45, 7) is 2.28. The Kier molecular flexibility index (Phi) is 5.91. The van der Waals surface area contributed by atoms with Crippen LogP contribution in [0.1, 0.15) is 51.0 Å². The smallest absolute Gasteiger partial charge is 0.0294 e. The first-order chi connectivity index (χ1) is 10.9. The summed E-state index contributed by atoms with van der Waals surface area (Å²) < 4.78 is 0. The van der Waals surface area contributed by atoms with Gasteiger partial charge in [-0.2, -0.15) is 0 Å². The van der Waals surface area contributed by atoms with Gasteiger partial charge in [0.2, 0.25) is 0 Å². The van der Waals surface area contributed by atoms with Gasteiger partial charge in [-0.1, -0.05) is 86.8 Å². The van der Waals surface area contributed by atoms with Crippen molar-refractivity contribution in [1.29, 1.82) is 0 Å². The topological polar surface area (TPSA) is 0 Å². The minimum atomic E-state index is 1.23. The molecule has 22 heavy (non-hydrogen) atoms. The highest BCUT2D eigenvalue weighted by molar-refractivity contribution is 8.05. The first-order valence-corrected chi connectivity index (χ1v) is 10.1. The van der Waals surface area contributed by atoms with Gasteiger partial charge in [-0.3, -0.25) is 0 Å². The van der Waals surface area contributed by atoms with Gasteiger partial charge in [0.25, 0.3) is 0 Å². The second kappa shape index (κ2) is 8.12. The number of hydrogen-bond donors (Lipinski definition) is 0. The minimum absolute atomic E-state index is 1.23. The van der Waals surface area contributed by atoms with Crippen molar-refractivity contribution in [1.82, 2.24) is 0 Å². The van der Waals surface area contributed by atoms with E-state index in [0.29, 0.717) is 0 Å². The predicted octanol–water partition coefficient (Wildman–Crippen LogP) is 7.21. The monoisotopic (exact) mass is 328 g/mol. The van der Waals surface area contributed by atoms with E-state index in [-0.39, 0.29) is 0 Å². The highest BCUT2D eigenvalue weighted by Gasteiger charge is 2.18. The predicted molar refractivity (Wildman–Crippen MR) is 98.2 cm³/mol. The van der Waals surface area contributed by atoms with Crippen molar-refractivity contribution >= 4 is 23.5 Å². The van der Waals surface area contributed by atoms with Gasteiger partial charge in [0.05, 0.1) is 0 Å². The van der Waals surface area contributed by atoms with Gasteiger partial charge in [-0.25, -0.2) is 0 Å². The third-order valence-electron chi connectivity index (χ3n) is 4.14. The minimum Gasteiger partial charge on any atom is -0.0877 e. The summed E-state index contributed by atoms with van der Waals surface area (Å²) in [5.74, 6) is 0. The molecule has 0 amide bonds. The molecule has 0 aromatic heterocycles. The van der Waals surface area contributed by atoms with Crippen LogP contribution in [0.15, 0.2) is 62.0 Å². The SMILES string of the molecule is CCCCCCCCc1cccc2c1Sc1ccccc1S2. The second-order valence-electron chi connectivity index (χ2n) is 5.91. The van der Waals surface area contributed by atoms with E-state index in [1.807, 2.05) is 23.5 Å². The maximum Gasteiger partial charge on any atom is 0.0294 e. The van der Waals surface area contributed by atoms with E-state index in [2.05, 4.69) is 49.4 Å². The lowest BCUT2D eigenvalue weighted by Crippen LogP contribution is -1.95. The lowest BCUT2D eigenvalue weighted by Gasteiger charge is -2.20. The normalized spacial score (nSPS) is 12.8. The van der Waals surface area contributed by atoms with Crippen molar-refractivity contribution in [2.75, 3.05) is 0 Å². The summed E-state index contributed by atoms with van der Waals surface area (Å²) in [4.78, 5) is 5.75. The van der Waals surface area contributed by atoms with Crippen molar-refractivity contribution in [3.05, 3.63) is 48.0 Å². The lowest BCUT2D eigenvalue weighted by atomic mass is 10.0. The van der Waals surface area contributed by atoms with Crippen LogP contribution in [0.5, 0.6) is 0 Å². The molecule has 2 aromatic rings. The van der Waals surface area contributed by atoms with Gasteiger partial charge in [0.15, 0.2) is 0 Å². The van der Waals surface area contributed by atoms with Gasteiger partial charge in [0.1, 0.15) is 0 Å². The zero-order valence-electron chi connectivity index (χ0n) is 13.3. The highest BCUT2D eigenvalue weighted by Crippen LogP contribution is 2.49. The van der Waals surface area contributed by atoms with Crippen LogP contribution in [0.3, 0.4) is 0 Å². The van der Waals surface area contributed by atoms with E-state index in [4.69, 9.17) is 0 Å². The van der Waals surface area contributed by atoms with Crippen molar-refractivity contribution in [2.45, 2.75) is 71.5 Å². The quantitative estimate of drug-likeness (QED) is 0.420. The average Bonchev–Trinajstić information content (AvgIpc) is 2.56. The maximum atomic E-state index is 2.33. The molecule has 3 rings (SSSR count). The van der Waals surface area contributed by atoms with E-state index >= 15 is 0 Å². The zero-order chi connectivity index (χ0) is 15.2. The van der Waals surface area contributed by atoms with E-state index in [1.165, 1.54) is 64.5 Å². The molecule has 0 N–H and O–H groups in total. The summed E-state index contributed by atoms with van der Waals surface area (Å²) in [5.41, 5.74) is 1.54. The Bertz CT molecular complexity index is 619. The van der Waals surface area contributed by atoms with Gasteiger partial charge >= 0.3 is 0 Å². The molecule has 1 heterocycles. The first kappa shape index (κ1) is 16.0. The zero-order valence-corrected chi connectivity index (χ0v) is 14.9. The number of aryl methyl sites for hydroxylation is 1. The Morgan fingerprint density at radius 2 is 1.36 bits per heavy atom. The van der Waals surface area contributed by atoms with E-state index in [1.54, 1.807) is 5.56 Å². The van der Waals surface area contributed by atoms with Gasteiger partial charge in [-0.05, 0) is 36.6 Å². The fourth-order valence-electron chi connectivity index (χ4n) is 2.90. The van der Waals surface area contributed by atoms with Crippen molar-refractivity contribution in [3.8, 4) is 0 Å². The van der Waals surface area contributed by atoms with Crippen molar-refractivity contribution in [3.63, 3.8) is 0 Å².